The molecule has 7 atom stereocenters. The molecule has 2 rings (SSSR count). The van der Waals surface area contributed by atoms with Gasteiger partial charge in [-0.15, -0.1) is 9.42 Å². The van der Waals surface area contributed by atoms with E-state index in [4.69, 9.17) is 18.7 Å². The number of aromatic nitrogens is 2. The van der Waals surface area contributed by atoms with Crippen LogP contribution in [-0.4, -0.2) is 63.8 Å². The fraction of sp³-hybridized carbons (Fsp3) is 0.733. The third-order valence-corrected chi connectivity index (χ3v) is 4.93. The van der Waals surface area contributed by atoms with Gasteiger partial charge in [-0.25, -0.2) is 4.79 Å². The van der Waals surface area contributed by atoms with Crippen LogP contribution in [0.5, 0.6) is 0 Å². The minimum atomic E-state index is -3.02. The van der Waals surface area contributed by atoms with Crippen molar-refractivity contribution in [3.63, 3.8) is 0 Å². The first kappa shape index (κ1) is 21.8. The second kappa shape index (κ2) is 9.16. The normalized spacial score (nSPS) is 28.1. The minimum absolute atomic E-state index is 0.258. The lowest BCUT2D eigenvalue weighted by atomic mass is 10.1. The Morgan fingerprint density at radius 3 is 2.56 bits per heavy atom. The van der Waals surface area contributed by atoms with E-state index in [-0.39, 0.29) is 11.7 Å². The Morgan fingerprint density at radius 1 is 1.33 bits per heavy atom. The minimum Gasteiger partial charge on any atom is -0.394 e. The van der Waals surface area contributed by atoms with Crippen molar-refractivity contribution in [1.29, 1.82) is 0 Å². The van der Waals surface area contributed by atoms with Crippen LogP contribution in [0.4, 0.5) is 0 Å². The lowest BCUT2D eigenvalue weighted by molar-refractivity contribution is -0.127. The third-order valence-electron chi connectivity index (χ3n) is 4.50. The van der Waals surface area contributed by atoms with Crippen molar-refractivity contribution in [1.82, 2.24) is 9.55 Å². The first-order valence-corrected chi connectivity index (χ1v) is 9.42. The molecule has 1 aliphatic rings. The number of hydrogen-bond donors (Lipinski definition) is 3. The predicted octanol–water partition coefficient (Wildman–Crippen LogP) is -0.422. The first-order chi connectivity index (χ1) is 12.7. The molecule has 27 heavy (non-hydrogen) atoms. The Labute approximate surface area is 155 Å². The number of H-pyrrole nitrogens is 1. The topological polar surface area (TPSA) is 149 Å². The van der Waals surface area contributed by atoms with Gasteiger partial charge in [-0.1, -0.05) is 0 Å². The molecule has 0 aromatic carbocycles. The molecular formula is C15H24N2O9P+. The van der Waals surface area contributed by atoms with Crippen molar-refractivity contribution >= 4 is 8.25 Å². The van der Waals surface area contributed by atoms with Crippen LogP contribution < -0.4 is 11.2 Å². The highest BCUT2D eigenvalue weighted by atomic mass is 31.1. The van der Waals surface area contributed by atoms with Crippen LogP contribution in [0.15, 0.2) is 15.8 Å². The van der Waals surface area contributed by atoms with Gasteiger partial charge in [-0.2, -0.15) is 0 Å². The number of nitrogens with one attached hydrogen (secondary N) is 1. The molecular weight excluding hydrogens is 383 g/mol. The maximum Gasteiger partial charge on any atom is 0.695 e. The van der Waals surface area contributed by atoms with Gasteiger partial charge in [0.25, 0.3) is 5.56 Å². The highest BCUT2D eigenvalue weighted by Gasteiger charge is 2.52. The molecule has 1 aromatic rings. The molecule has 11 nitrogen and oxygen atoms in total. The van der Waals surface area contributed by atoms with Crippen LogP contribution in [0.2, 0.25) is 0 Å². The number of hydrogen-bond acceptors (Lipinski definition) is 8. The molecule has 0 radical (unpaired) electrons. The maximum absolute atomic E-state index is 12.3. The van der Waals surface area contributed by atoms with Crippen LogP contribution in [0, 0.1) is 6.92 Å². The average Bonchev–Trinajstić information content (AvgIpc) is 2.94. The van der Waals surface area contributed by atoms with Crippen molar-refractivity contribution in [3.05, 3.63) is 32.6 Å². The van der Waals surface area contributed by atoms with E-state index in [1.165, 1.54) is 20.2 Å². The molecule has 0 saturated carbocycles. The van der Waals surface area contributed by atoms with E-state index in [1.807, 2.05) is 0 Å². The van der Waals surface area contributed by atoms with Crippen molar-refractivity contribution in [2.24, 2.45) is 0 Å². The standard InChI is InChI=1S/C15H23N2O9P/c1-7-5-17(15(20)16-13(7)19)14-12(24-9(3)8(2)23-4)11(26-27(21)22)10(6-18)25-14/h5,8-12,14,18H,6H2,1-4H3,(H-,16,19,20,21,22)/p+1/t8-,9+,10+,11-,12?,14+/m0/s1. The van der Waals surface area contributed by atoms with Gasteiger partial charge in [0.05, 0.1) is 18.8 Å². The molecule has 2 unspecified atom stereocenters. The fourth-order valence-electron chi connectivity index (χ4n) is 2.78. The van der Waals surface area contributed by atoms with Gasteiger partial charge in [0.1, 0.15) is 12.2 Å². The monoisotopic (exact) mass is 407 g/mol. The Morgan fingerprint density at radius 2 is 2.00 bits per heavy atom. The van der Waals surface area contributed by atoms with E-state index < -0.39 is 56.8 Å². The summed E-state index contributed by atoms with van der Waals surface area (Å²) in [7, 11) is -1.52. The summed E-state index contributed by atoms with van der Waals surface area (Å²) in [5, 5.41) is 9.58. The molecule has 1 saturated heterocycles. The maximum atomic E-state index is 12.3. The van der Waals surface area contributed by atoms with E-state index >= 15 is 0 Å². The average molecular weight is 407 g/mol. The zero-order chi connectivity index (χ0) is 20.3. The molecule has 152 valence electrons. The van der Waals surface area contributed by atoms with Crippen molar-refractivity contribution in [2.75, 3.05) is 13.7 Å². The molecule has 1 fully saturated rings. The zero-order valence-corrected chi connectivity index (χ0v) is 16.3. The second-order valence-electron chi connectivity index (χ2n) is 6.28. The second-order valence-corrected chi connectivity index (χ2v) is 6.97. The van der Waals surface area contributed by atoms with Crippen LogP contribution in [0.25, 0.3) is 0 Å². The van der Waals surface area contributed by atoms with E-state index in [0.29, 0.717) is 0 Å². The third kappa shape index (κ3) is 4.88. The summed E-state index contributed by atoms with van der Waals surface area (Å²) in [4.78, 5) is 35.2. The summed E-state index contributed by atoms with van der Waals surface area (Å²) >= 11 is 0. The van der Waals surface area contributed by atoms with Crippen molar-refractivity contribution in [3.8, 4) is 0 Å². The molecule has 1 aromatic heterocycles. The highest BCUT2D eigenvalue weighted by molar-refractivity contribution is 7.32. The number of nitrogens with zero attached hydrogens (tertiary/aromatic N) is 1. The number of rotatable bonds is 8. The summed E-state index contributed by atoms with van der Waals surface area (Å²) in [5.41, 5.74) is -1.03. The Bertz CT molecular complexity index is 779. The zero-order valence-electron chi connectivity index (χ0n) is 15.4. The van der Waals surface area contributed by atoms with Crippen LogP contribution in [0.3, 0.4) is 0 Å². The lowest BCUT2D eigenvalue weighted by Crippen LogP contribution is -2.43. The summed E-state index contributed by atoms with van der Waals surface area (Å²) < 4.78 is 34.2. The highest BCUT2D eigenvalue weighted by Crippen LogP contribution is 2.37. The largest absolute Gasteiger partial charge is 0.695 e. The summed E-state index contributed by atoms with van der Waals surface area (Å²) in [5.74, 6) is 0. The summed E-state index contributed by atoms with van der Waals surface area (Å²) in [6.45, 7) is 4.46. The van der Waals surface area contributed by atoms with E-state index in [1.54, 1.807) is 13.8 Å². The molecule has 2 heterocycles. The summed E-state index contributed by atoms with van der Waals surface area (Å²) in [6.07, 6.45) is -3.81. The number of aryl methyl sites for hydroxylation is 1. The van der Waals surface area contributed by atoms with Crippen LogP contribution in [-0.2, 0) is 23.3 Å². The Balaban J connectivity index is 2.46. The molecule has 0 bridgehead atoms. The fourth-order valence-corrected chi connectivity index (χ4v) is 3.24. The molecule has 0 spiro atoms. The van der Waals surface area contributed by atoms with Crippen molar-refractivity contribution in [2.45, 2.75) is 57.5 Å². The van der Waals surface area contributed by atoms with Crippen LogP contribution >= 0.6 is 8.25 Å². The van der Waals surface area contributed by atoms with Gasteiger partial charge in [-0.3, -0.25) is 14.3 Å². The summed E-state index contributed by atoms with van der Waals surface area (Å²) in [6, 6.07) is 0. The van der Waals surface area contributed by atoms with Gasteiger partial charge >= 0.3 is 13.9 Å². The van der Waals surface area contributed by atoms with E-state index in [2.05, 4.69) is 4.98 Å². The Kier molecular flexibility index (Phi) is 7.40. The van der Waals surface area contributed by atoms with E-state index in [9.17, 15) is 24.2 Å². The molecule has 3 N–H and O–H groups in total. The van der Waals surface area contributed by atoms with Gasteiger partial charge in [0.2, 0.25) is 0 Å². The SMILES string of the molecule is CO[C@@H](C)[C@@H](C)OC1[C@@H](O[P+](=O)O)[C@@H](CO)O[C@H]1n1cc(C)c(=O)[nH]c1=O. The van der Waals surface area contributed by atoms with Gasteiger partial charge < -0.3 is 19.3 Å². The van der Waals surface area contributed by atoms with Gasteiger partial charge in [0, 0.05) is 23.4 Å². The van der Waals surface area contributed by atoms with Gasteiger partial charge in [-0.05, 0) is 20.8 Å². The Hall–Kier alpha value is -1.46. The lowest BCUT2D eigenvalue weighted by Gasteiger charge is -2.28. The number of aliphatic hydroxyl groups is 1. The van der Waals surface area contributed by atoms with E-state index in [0.717, 1.165) is 4.57 Å². The molecule has 0 amide bonds. The number of ether oxygens (including phenoxy) is 3. The number of aliphatic hydroxyl groups excluding tert-OH is 1. The van der Waals surface area contributed by atoms with Crippen LogP contribution in [0.1, 0.15) is 25.6 Å². The molecule has 0 aliphatic carbocycles. The first-order valence-electron chi connectivity index (χ1n) is 8.29. The van der Waals surface area contributed by atoms with Gasteiger partial charge in [0.15, 0.2) is 12.3 Å². The molecule has 12 heteroatoms. The smallest absolute Gasteiger partial charge is 0.394 e. The quantitative estimate of drug-likeness (QED) is 0.488. The predicted molar refractivity (Wildman–Crippen MR) is 92.6 cm³/mol. The molecule has 1 aliphatic heterocycles. The number of methoxy groups -OCH3 is 1. The van der Waals surface area contributed by atoms with Crippen molar-refractivity contribution < 1.29 is 33.3 Å². The number of aromatic amines is 1.